The third-order valence-electron chi connectivity index (χ3n) is 5.40. The van der Waals surface area contributed by atoms with Crippen molar-refractivity contribution in [3.05, 3.63) is 42.8 Å². The van der Waals surface area contributed by atoms with E-state index in [1.54, 1.807) is 0 Å². The van der Waals surface area contributed by atoms with Crippen LogP contribution in [-0.2, 0) is 56.4 Å². The van der Waals surface area contributed by atoms with Gasteiger partial charge in [-0.25, -0.2) is 13.2 Å². The van der Waals surface area contributed by atoms with E-state index >= 15 is 0 Å². The van der Waals surface area contributed by atoms with E-state index in [0.29, 0.717) is 6.54 Å². The number of hydrogen-bond donors (Lipinski definition) is 4. The SMILES string of the molecule is [CH2-][C@H](N)CN[C@H](CO[C@@H](Cc1ccccc1)C(=O)N[C@@H](CCS(C)(=O)=O)C(=O)O)[C@@H](C)CC.[Sc]. The number of amides is 1. The van der Waals surface area contributed by atoms with E-state index in [1.807, 2.05) is 30.3 Å². The fourth-order valence-corrected chi connectivity index (χ4v) is 3.80. The number of nitrogens with two attached hydrogens (primary N) is 1. The maximum atomic E-state index is 13.0. The Balaban J connectivity index is 0.0000109. The molecule has 0 fully saturated rings. The molecule has 1 rings (SSSR count). The minimum atomic E-state index is -3.37. The molecular formula is C23H38N3O6SSc-. The molecule has 1 aromatic carbocycles. The average molecular weight is 530 g/mol. The zero-order chi connectivity index (χ0) is 25.0. The molecule has 5 atom stereocenters. The van der Waals surface area contributed by atoms with Crippen LogP contribution < -0.4 is 16.4 Å². The van der Waals surface area contributed by atoms with Crippen molar-refractivity contribution in [1.82, 2.24) is 10.6 Å². The summed E-state index contributed by atoms with van der Waals surface area (Å²) in [6.07, 6.45) is 0.975. The molecule has 0 heterocycles. The first-order chi connectivity index (χ1) is 15.4. The summed E-state index contributed by atoms with van der Waals surface area (Å²) < 4.78 is 28.9. The number of carboxylic acid groups (broad SMARTS) is 1. The van der Waals surface area contributed by atoms with Crippen LogP contribution in [0.5, 0.6) is 0 Å². The van der Waals surface area contributed by atoms with Crippen molar-refractivity contribution in [2.45, 2.75) is 57.3 Å². The number of carbonyl (C=O) groups excluding carboxylic acids is 1. The van der Waals surface area contributed by atoms with Gasteiger partial charge in [0.2, 0.25) is 5.91 Å². The molecule has 1 radical (unpaired) electrons. The average Bonchev–Trinajstić information content (AvgIpc) is 2.74. The smallest absolute Gasteiger partial charge is 0.326 e. The van der Waals surface area contributed by atoms with E-state index in [1.165, 1.54) is 0 Å². The quantitative estimate of drug-likeness (QED) is 0.230. The Morgan fingerprint density at radius 1 is 1.24 bits per heavy atom. The van der Waals surface area contributed by atoms with E-state index in [4.69, 9.17) is 10.5 Å². The van der Waals surface area contributed by atoms with E-state index in [0.717, 1.165) is 18.2 Å². The molecule has 0 aliphatic rings. The van der Waals surface area contributed by atoms with E-state index < -0.39 is 33.9 Å². The van der Waals surface area contributed by atoms with E-state index in [2.05, 4.69) is 31.4 Å². The van der Waals surface area contributed by atoms with Gasteiger partial charge < -0.3 is 33.1 Å². The van der Waals surface area contributed by atoms with Crippen LogP contribution in [0.1, 0.15) is 32.3 Å². The van der Waals surface area contributed by atoms with Gasteiger partial charge in [0.15, 0.2) is 0 Å². The van der Waals surface area contributed by atoms with Crippen LogP contribution >= 0.6 is 0 Å². The van der Waals surface area contributed by atoms with Gasteiger partial charge in [-0.05, 0) is 24.4 Å². The van der Waals surface area contributed by atoms with Crippen molar-refractivity contribution in [3.63, 3.8) is 0 Å². The largest absolute Gasteiger partial charge is 0.480 e. The Kier molecular flexibility index (Phi) is 16.0. The molecule has 0 aliphatic carbocycles. The first-order valence-corrected chi connectivity index (χ1v) is 13.2. The monoisotopic (exact) mass is 529 g/mol. The zero-order valence-corrected chi connectivity index (χ0v) is 22.9. The summed E-state index contributed by atoms with van der Waals surface area (Å²) in [7, 11) is -3.37. The number of hydrogen-bond acceptors (Lipinski definition) is 7. The van der Waals surface area contributed by atoms with Gasteiger partial charge in [0.25, 0.3) is 0 Å². The van der Waals surface area contributed by atoms with Gasteiger partial charge in [-0.2, -0.15) is 0 Å². The summed E-state index contributed by atoms with van der Waals surface area (Å²) in [5.41, 5.74) is 6.61. The van der Waals surface area contributed by atoms with Crippen LogP contribution in [0.4, 0.5) is 0 Å². The van der Waals surface area contributed by atoms with Crippen LogP contribution in [-0.4, -0.2) is 74.8 Å². The Hall–Kier alpha value is -1.14. The van der Waals surface area contributed by atoms with Crippen molar-refractivity contribution in [2.24, 2.45) is 11.7 Å². The van der Waals surface area contributed by atoms with Gasteiger partial charge in [-0.3, -0.25) is 4.79 Å². The van der Waals surface area contributed by atoms with Crippen LogP contribution in [0.15, 0.2) is 30.3 Å². The van der Waals surface area contributed by atoms with E-state index in [9.17, 15) is 23.1 Å². The van der Waals surface area contributed by atoms with Gasteiger partial charge in [0.05, 0.1) is 12.4 Å². The van der Waals surface area contributed by atoms with Crippen LogP contribution in [0, 0.1) is 12.8 Å². The molecule has 0 unspecified atom stereocenters. The molecule has 5 N–H and O–H groups in total. The van der Waals surface area contributed by atoms with Crippen molar-refractivity contribution in [3.8, 4) is 0 Å². The Morgan fingerprint density at radius 2 is 1.85 bits per heavy atom. The number of nitrogens with one attached hydrogen (secondary N) is 2. The van der Waals surface area contributed by atoms with Crippen LogP contribution in [0.2, 0.25) is 0 Å². The number of rotatable bonds is 16. The molecule has 11 heteroatoms. The van der Waals surface area contributed by atoms with Gasteiger partial charge in [-0.1, -0.05) is 50.6 Å². The molecule has 1 amide bonds. The second-order valence-electron chi connectivity index (χ2n) is 8.49. The molecule has 0 aliphatic heterocycles. The first kappa shape index (κ1) is 32.9. The second kappa shape index (κ2) is 16.5. The topological polar surface area (TPSA) is 148 Å². The fourth-order valence-electron chi connectivity index (χ4n) is 3.14. The standard InChI is InChI=1S/C23H38N3O6S.Sc/c1-5-16(2)20(25-14-17(3)24)15-32-21(13-18-9-7-6-8-10-18)22(27)26-19(23(28)29)11-12-33(4,30)31;/h6-10,16-17,19-21,25H,3,5,11-15,24H2,1-2,4H3,(H,26,27)(H,28,29);/q-1;/t16-,17-,19-,20+,21-;/m0./s1. The fraction of sp³-hybridized carbons (Fsp3) is 0.609. The number of sulfone groups is 1. The second-order valence-corrected chi connectivity index (χ2v) is 10.7. The third-order valence-corrected chi connectivity index (χ3v) is 6.38. The minimum absolute atomic E-state index is 0. The number of aliphatic carboxylic acids is 1. The normalized spacial score (nSPS) is 15.9. The van der Waals surface area contributed by atoms with Crippen molar-refractivity contribution in [2.75, 3.05) is 25.2 Å². The van der Waals surface area contributed by atoms with Crippen molar-refractivity contribution in [1.29, 1.82) is 0 Å². The van der Waals surface area contributed by atoms with Gasteiger partial charge in [-0.15, -0.1) is 6.04 Å². The van der Waals surface area contributed by atoms with Gasteiger partial charge in [0, 0.05) is 44.6 Å². The zero-order valence-electron chi connectivity index (χ0n) is 20.3. The number of carbonyl (C=O) groups is 2. The van der Waals surface area contributed by atoms with Gasteiger partial charge >= 0.3 is 5.97 Å². The molecule has 0 saturated carbocycles. The molecular weight excluding hydrogens is 491 g/mol. The minimum Gasteiger partial charge on any atom is -0.480 e. The predicted molar refractivity (Wildman–Crippen MR) is 128 cm³/mol. The molecule has 34 heavy (non-hydrogen) atoms. The summed E-state index contributed by atoms with van der Waals surface area (Å²) in [6.45, 7) is 8.59. The molecule has 0 saturated heterocycles. The molecule has 0 spiro atoms. The number of benzene rings is 1. The van der Waals surface area contributed by atoms with Crippen LogP contribution in [0.3, 0.4) is 0 Å². The molecule has 0 aromatic heterocycles. The molecule has 191 valence electrons. The maximum absolute atomic E-state index is 13.0. The predicted octanol–water partition coefficient (Wildman–Crippen LogP) is 0.782. The van der Waals surface area contributed by atoms with Crippen molar-refractivity contribution >= 4 is 21.7 Å². The van der Waals surface area contributed by atoms with Gasteiger partial charge in [0.1, 0.15) is 22.0 Å². The van der Waals surface area contributed by atoms with E-state index in [-0.39, 0.29) is 69.0 Å². The molecule has 1 aromatic rings. The molecule has 0 bridgehead atoms. The first-order valence-electron chi connectivity index (χ1n) is 11.1. The molecule has 9 nitrogen and oxygen atoms in total. The summed E-state index contributed by atoms with van der Waals surface area (Å²) in [5.74, 6) is -2.00. The summed E-state index contributed by atoms with van der Waals surface area (Å²) in [6, 6.07) is 7.56. The summed E-state index contributed by atoms with van der Waals surface area (Å²) in [4.78, 5) is 24.6. The third kappa shape index (κ3) is 13.7. The number of ether oxygens (including phenoxy) is 1. The van der Waals surface area contributed by atoms with Crippen molar-refractivity contribution < 1.29 is 53.7 Å². The maximum Gasteiger partial charge on any atom is 0.326 e. The summed E-state index contributed by atoms with van der Waals surface area (Å²) >= 11 is 0. The summed E-state index contributed by atoms with van der Waals surface area (Å²) in [5, 5.41) is 15.2. The Labute approximate surface area is 222 Å². The Morgan fingerprint density at radius 3 is 2.35 bits per heavy atom. The van der Waals surface area contributed by atoms with Crippen LogP contribution in [0.25, 0.3) is 0 Å². The number of carboxylic acids is 1. The Bertz CT molecular complexity index is 838.